The monoisotopic (exact) mass is 305 g/mol. The van der Waals surface area contributed by atoms with Crippen LogP contribution in [0.25, 0.3) is 0 Å². The maximum absolute atomic E-state index is 13.5. The summed E-state index contributed by atoms with van der Waals surface area (Å²) in [5.41, 5.74) is 3.15. The van der Waals surface area contributed by atoms with Crippen LogP contribution in [0.5, 0.6) is 5.75 Å². The standard InChI is InChI=1S/C17H17ClFNO/c1-2-3-11-4-6-12(7-5-11)17-10-20-15-8-13(18)14(19)9-16(15)21-17/h4-9,17,20H,2-3,10H2,1H3. The quantitative estimate of drug-likeness (QED) is 0.863. The van der Waals surface area contributed by atoms with Crippen molar-refractivity contribution >= 4 is 17.3 Å². The summed E-state index contributed by atoms with van der Waals surface area (Å²) in [7, 11) is 0. The lowest BCUT2D eigenvalue weighted by Crippen LogP contribution is -2.23. The molecule has 0 spiro atoms. The number of halogens is 2. The number of benzene rings is 2. The van der Waals surface area contributed by atoms with Crippen molar-refractivity contribution in [2.75, 3.05) is 11.9 Å². The van der Waals surface area contributed by atoms with Crippen molar-refractivity contribution in [1.82, 2.24) is 0 Å². The predicted molar refractivity (Wildman–Crippen MR) is 83.7 cm³/mol. The van der Waals surface area contributed by atoms with Crippen molar-refractivity contribution in [1.29, 1.82) is 0 Å². The molecule has 1 unspecified atom stereocenters. The van der Waals surface area contributed by atoms with Gasteiger partial charge in [0.1, 0.15) is 17.7 Å². The molecule has 0 aliphatic carbocycles. The largest absolute Gasteiger partial charge is 0.482 e. The molecule has 0 fully saturated rings. The summed E-state index contributed by atoms with van der Waals surface area (Å²) in [5.74, 6) is 0.0435. The third kappa shape index (κ3) is 2.98. The van der Waals surface area contributed by atoms with E-state index in [-0.39, 0.29) is 11.1 Å². The molecule has 21 heavy (non-hydrogen) atoms. The van der Waals surface area contributed by atoms with Crippen molar-refractivity contribution < 1.29 is 9.13 Å². The minimum atomic E-state index is -0.462. The number of nitrogens with one attached hydrogen (secondary N) is 1. The van der Waals surface area contributed by atoms with Crippen LogP contribution in [0.2, 0.25) is 5.02 Å². The molecule has 3 rings (SSSR count). The Morgan fingerprint density at radius 3 is 2.76 bits per heavy atom. The molecule has 0 aromatic heterocycles. The van der Waals surface area contributed by atoms with Crippen LogP contribution in [0.15, 0.2) is 36.4 Å². The first-order valence-corrected chi connectivity index (χ1v) is 7.53. The first kappa shape index (κ1) is 14.2. The number of aryl methyl sites for hydroxylation is 1. The van der Waals surface area contributed by atoms with Crippen LogP contribution < -0.4 is 10.1 Å². The Balaban J connectivity index is 1.80. The molecule has 0 saturated carbocycles. The van der Waals surface area contributed by atoms with Crippen LogP contribution >= 0.6 is 11.6 Å². The minimum Gasteiger partial charge on any atom is -0.482 e. The molecule has 1 heterocycles. The van der Waals surface area contributed by atoms with Crippen LogP contribution in [0, 0.1) is 5.82 Å². The molecule has 0 saturated heterocycles. The van der Waals surface area contributed by atoms with Crippen LogP contribution in [0.4, 0.5) is 10.1 Å². The zero-order valence-electron chi connectivity index (χ0n) is 11.8. The van der Waals surface area contributed by atoms with Gasteiger partial charge in [0.25, 0.3) is 0 Å². The average Bonchev–Trinajstić information content (AvgIpc) is 2.49. The zero-order valence-corrected chi connectivity index (χ0v) is 12.6. The average molecular weight is 306 g/mol. The SMILES string of the molecule is CCCc1ccc(C2CNc3cc(Cl)c(F)cc3O2)cc1. The predicted octanol–water partition coefficient (Wildman–Crippen LogP) is 4.98. The number of ether oxygens (including phenoxy) is 1. The van der Waals surface area contributed by atoms with Crippen LogP contribution in [-0.4, -0.2) is 6.54 Å². The lowest BCUT2D eigenvalue weighted by molar-refractivity contribution is 0.209. The van der Waals surface area contributed by atoms with Gasteiger partial charge in [-0.3, -0.25) is 0 Å². The van der Waals surface area contributed by atoms with Gasteiger partial charge in [-0.1, -0.05) is 49.2 Å². The lowest BCUT2D eigenvalue weighted by Gasteiger charge is -2.28. The second kappa shape index (κ2) is 5.94. The summed E-state index contributed by atoms with van der Waals surface area (Å²) in [6, 6.07) is 11.3. The summed E-state index contributed by atoms with van der Waals surface area (Å²) in [4.78, 5) is 0. The first-order valence-electron chi connectivity index (χ1n) is 7.15. The number of rotatable bonds is 3. The Hall–Kier alpha value is -1.74. The van der Waals surface area contributed by atoms with E-state index in [1.807, 2.05) is 0 Å². The highest BCUT2D eigenvalue weighted by molar-refractivity contribution is 6.31. The highest BCUT2D eigenvalue weighted by Gasteiger charge is 2.22. The van der Waals surface area contributed by atoms with Gasteiger partial charge in [-0.25, -0.2) is 4.39 Å². The maximum atomic E-state index is 13.5. The van der Waals surface area contributed by atoms with Gasteiger partial charge in [-0.05, 0) is 23.6 Å². The van der Waals surface area contributed by atoms with Gasteiger partial charge in [-0.15, -0.1) is 0 Å². The highest BCUT2D eigenvalue weighted by Crippen LogP contribution is 2.37. The third-order valence-electron chi connectivity index (χ3n) is 3.66. The Kier molecular flexibility index (Phi) is 4.02. The van der Waals surface area contributed by atoms with Crippen molar-refractivity contribution in [2.45, 2.75) is 25.9 Å². The van der Waals surface area contributed by atoms with E-state index in [4.69, 9.17) is 16.3 Å². The number of hydrogen-bond donors (Lipinski definition) is 1. The van der Waals surface area contributed by atoms with E-state index in [0.29, 0.717) is 12.3 Å². The first-order chi connectivity index (χ1) is 10.2. The molecule has 4 heteroatoms. The zero-order chi connectivity index (χ0) is 14.8. The summed E-state index contributed by atoms with van der Waals surface area (Å²) in [6.45, 7) is 2.81. The molecule has 0 bridgehead atoms. The van der Waals surface area contributed by atoms with Gasteiger partial charge >= 0.3 is 0 Å². The Morgan fingerprint density at radius 2 is 2.05 bits per heavy atom. The van der Waals surface area contributed by atoms with E-state index in [2.05, 4.69) is 36.5 Å². The van der Waals surface area contributed by atoms with E-state index < -0.39 is 5.82 Å². The van der Waals surface area contributed by atoms with Crippen LogP contribution in [0.3, 0.4) is 0 Å². The highest BCUT2D eigenvalue weighted by atomic mass is 35.5. The third-order valence-corrected chi connectivity index (χ3v) is 3.95. The van der Waals surface area contributed by atoms with Crippen LogP contribution in [0.1, 0.15) is 30.6 Å². The molecule has 0 radical (unpaired) electrons. The van der Waals surface area contributed by atoms with Gasteiger partial charge in [-0.2, -0.15) is 0 Å². The molecule has 1 aliphatic rings. The van der Waals surface area contributed by atoms with E-state index in [1.54, 1.807) is 6.07 Å². The second-order valence-corrected chi connectivity index (χ2v) is 5.65. The summed E-state index contributed by atoms with van der Waals surface area (Å²) < 4.78 is 19.4. The van der Waals surface area contributed by atoms with Gasteiger partial charge in [0.05, 0.1) is 17.3 Å². The number of anilines is 1. The maximum Gasteiger partial charge on any atom is 0.146 e. The fourth-order valence-corrected chi connectivity index (χ4v) is 2.70. The molecule has 1 aliphatic heterocycles. The molecule has 2 nitrogen and oxygen atoms in total. The normalized spacial score (nSPS) is 16.8. The summed E-state index contributed by atoms with van der Waals surface area (Å²) in [6.07, 6.45) is 2.10. The molecule has 2 aromatic rings. The van der Waals surface area contributed by atoms with Crippen molar-refractivity contribution in [3.05, 3.63) is 58.4 Å². The topological polar surface area (TPSA) is 21.3 Å². The van der Waals surface area contributed by atoms with E-state index in [1.165, 1.54) is 11.6 Å². The van der Waals surface area contributed by atoms with Gasteiger partial charge in [0, 0.05) is 6.07 Å². The van der Waals surface area contributed by atoms with Crippen molar-refractivity contribution in [3.8, 4) is 5.75 Å². The summed E-state index contributed by atoms with van der Waals surface area (Å²) in [5, 5.41) is 3.35. The molecule has 2 aromatic carbocycles. The number of fused-ring (bicyclic) bond motifs is 1. The molecule has 1 N–H and O–H groups in total. The van der Waals surface area contributed by atoms with Crippen molar-refractivity contribution in [3.63, 3.8) is 0 Å². The molecule has 0 amide bonds. The Bertz CT molecular complexity index is 642. The smallest absolute Gasteiger partial charge is 0.146 e. The van der Waals surface area contributed by atoms with Crippen molar-refractivity contribution in [2.24, 2.45) is 0 Å². The molecular weight excluding hydrogens is 289 g/mol. The Labute approximate surface area is 128 Å². The fraction of sp³-hybridized carbons (Fsp3) is 0.294. The van der Waals surface area contributed by atoms with Crippen LogP contribution in [-0.2, 0) is 6.42 Å². The molecule has 1 atom stereocenters. The minimum absolute atomic E-state index is 0.104. The van der Waals surface area contributed by atoms with Gasteiger partial charge in [0.2, 0.25) is 0 Å². The van der Waals surface area contributed by atoms with E-state index in [0.717, 1.165) is 24.1 Å². The van der Waals surface area contributed by atoms with E-state index >= 15 is 0 Å². The lowest BCUT2D eigenvalue weighted by atomic mass is 10.0. The second-order valence-electron chi connectivity index (χ2n) is 5.24. The molecule has 110 valence electrons. The van der Waals surface area contributed by atoms with E-state index in [9.17, 15) is 4.39 Å². The summed E-state index contributed by atoms with van der Waals surface area (Å²) >= 11 is 5.78. The number of hydrogen-bond acceptors (Lipinski definition) is 2. The molecular formula is C17H17ClFNO. The van der Waals surface area contributed by atoms with Gasteiger partial charge < -0.3 is 10.1 Å². The Morgan fingerprint density at radius 1 is 1.29 bits per heavy atom. The fourth-order valence-electron chi connectivity index (χ4n) is 2.54. The van der Waals surface area contributed by atoms with Gasteiger partial charge in [0.15, 0.2) is 0 Å².